The van der Waals surface area contributed by atoms with E-state index in [1.54, 1.807) is 6.20 Å². The fourth-order valence-corrected chi connectivity index (χ4v) is 3.30. The number of rotatable bonds is 4. The molecule has 3 aromatic rings. The summed E-state index contributed by atoms with van der Waals surface area (Å²) in [5.41, 5.74) is 3.50. The van der Waals surface area contributed by atoms with Crippen LogP contribution in [0.25, 0.3) is 10.9 Å². The third-order valence-electron chi connectivity index (χ3n) is 4.21. The van der Waals surface area contributed by atoms with Gasteiger partial charge in [0.25, 0.3) is 0 Å². The Morgan fingerprint density at radius 3 is 2.65 bits per heavy atom. The minimum Gasteiger partial charge on any atom is -0.410 e. The molecule has 2 aromatic heterocycles. The minimum absolute atomic E-state index is 0.445. The van der Waals surface area contributed by atoms with Crippen molar-refractivity contribution in [1.82, 2.24) is 9.55 Å². The second-order valence-electron chi connectivity index (χ2n) is 6.10. The van der Waals surface area contributed by atoms with E-state index in [9.17, 15) is 10.5 Å². The number of aromatic nitrogens is 2. The molecule has 0 amide bonds. The molecule has 6 nitrogen and oxygen atoms in total. The largest absolute Gasteiger partial charge is 0.410 e. The van der Waals surface area contributed by atoms with Gasteiger partial charge in [0.2, 0.25) is 0 Å². The summed E-state index contributed by atoms with van der Waals surface area (Å²) in [6.07, 6.45) is 3.75. The minimum atomic E-state index is 0.445. The van der Waals surface area contributed by atoms with E-state index in [1.165, 1.54) is 11.8 Å². The summed E-state index contributed by atoms with van der Waals surface area (Å²) in [7, 11) is 5.74. The van der Waals surface area contributed by atoms with Gasteiger partial charge in [-0.3, -0.25) is 0 Å². The molecule has 132 valence electrons. The fourth-order valence-electron chi connectivity index (χ4n) is 2.87. The van der Waals surface area contributed by atoms with Crippen molar-refractivity contribution in [2.75, 3.05) is 25.3 Å². The van der Waals surface area contributed by atoms with Crippen molar-refractivity contribution >= 4 is 34.2 Å². The highest BCUT2D eigenvalue weighted by molar-refractivity contribution is 7.98. The van der Waals surface area contributed by atoms with Gasteiger partial charge in [0.15, 0.2) is 0 Å². The van der Waals surface area contributed by atoms with E-state index in [1.807, 2.05) is 67.2 Å². The summed E-state index contributed by atoms with van der Waals surface area (Å²) >= 11 is 1.53. The van der Waals surface area contributed by atoms with Gasteiger partial charge in [-0.25, -0.2) is 4.98 Å². The number of thioether (sulfide) groups is 1. The third kappa shape index (κ3) is 3.11. The quantitative estimate of drug-likeness (QED) is 0.332. The lowest BCUT2D eigenvalue weighted by molar-refractivity contribution is 0.319. The molecule has 7 heteroatoms. The average Bonchev–Trinajstić information content (AvgIpc) is 2.97. The number of aryl methyl sites for hydroxylation is 1. The van der Waals surface area contributed by atoms with E-state index in [4.69, 9.17) is 0 Å². The van der Waals surface area contributed by atoms with Crippen LogP contribution in [0.3, 0.4) is 0 Å². The van der Waals surface area contributed by atoms with Gasteiger partial charge in [-0.15, -0.1) is 11.8 Å². The van der Waals surface area contributed by atoms with Crippen LogP contribution in [0, 0.1) is 11.3 Å². The van der Waals surface area contributed by atoms with Crippen molar-refractivity contribution in [2.24, 2.45) is 12.2 Å². The Balaban J connectivity index is 2.17. The van der Waals surface area contributed by atoms with E-state index < -0.39 is 0 Å². The van der Waals surface area contributed by atoms with Gasteiger partial charge < -0.3 is 14.7 Å². The number of pyridine rings is 1. The monoisotopic (exact) mass is 365 g/mol. The van der Waals surface area contributed by atoms with Gasteiger partial charge in [-0.1, -0.05) is 11.2 Å². The van der Waals surface area contributed by atoms with E-state index >= 15 is 0 Å². The standard InChI is InChI=1S/C19H19N5OS/c1-23(2)17-8-13(9-18(21-17)26-4)19(22-25)12-5-6-16-15(7-12)14(10-20)11-24(16)3/h5-9,11,25H,1-4H3. The lowest BCUT2D eigenvalue weighted by atomic mass is 10.0. The van der Waals surface area contributed by atoms with Gasteiger partial charge in [0, 0.05) is 49.4 Å². The molecule has 0 spiro atoms. The molecule has 0 unspecified atom stereocenters. The molecule has 0 fully saturated rings. The molecule has 26 heavy (non-hydrogen) atoms. The van der Waals surface area contributed by atoms with Crippen LogP contribution in [0.15, 0.2) is 46.7 Å². The van der Waals surface area contributed by atoms with Crippen molar-refractivity contribution < 1.29 is 5.21 Å². The predicted octanol–water partition coefficient (Wildman–Crippen LogP) is 3.46. The maximum absolute atomic E-state index is 9.71. The number of hydrogen-bond donors (Lipinski definition) is 1. The molecule has 0 bridgehead atoms. The molecule has 1 N–H and O–H groups in total. The zero-order chi connectivity index (χ0) is 18.8. The van der Waals surface area contributed by atoms with Crippen molar-refractivity contribution in [1.29, 1.82) is 5.26 Å². The Kier molecular flexibility index (Phi) is 4.87. The Morgan fingerprint density at radius 1 is 1.27 bits per heavy atom. The number of fused-ring (bicyclic) bond motifs is 1. The van der Waals surface area contributed by atoms with Crippen LogP contribution >= 0.6 is 11.8 Å². The molecule has 0 aliphatic rings. The Bertz CT molecular complexity index is 1050. The third-order valence-corrected chi connectivity index (χ3v) is 4.84. The molecule has 0 radical (unpaired) electrons. The molecule has 0 atom stereocenters. The maximum atomic E-state index is 9.71. The van der Waals surface area contributed by atoms with Gasteiger partial charge in [0.05, 0.1) is 10.6 Å². The smallest absolute Gasteiger partial charge is 0.130 e. The normalized spacial score (nSPS) is 11.6. The number of benzene rings is 1. The molecular formula is C19H19N5OS. The zero-order valence-corrected chi connectivity index (χ0v) is 15.9. The first-order chi connectivity index (χ1) is 12.5. The summed E-state index contributed by atoms with van der Waals surface area (Å²) in [4.78, 5) is 6.46. The van der Waals surface area contributed by atoms with Gasteiger partial charge in [-0.05, 0) is 30.5 Å². The Morgan fingerprint density at radius 2 is 2.04 bits per heavy atom. The van der Waals surface area contributed by atoms with Gasteiger partial charge in [-0.2, -0.15) is 5.26 Å². The lowest BCUT2D eigenvalue weighted by Crippen LogP contribution is -2.13. The van der Waals surface area contributed by atoms with Gasteiger partial charge >= 0.3 is 0 Å². The van der Waals surface area contributed by atoms with Gasteiger partial charge in [0.1, 0.15) is 17.6 Å². The highest BCUT2D eigenvalue weighted by Crippen LogP contribution is 2.26. The second-order valence-corrected chi connectivity index (χ2v) is 6.92. The summed E-state index contributed by atoms with van der Waals surface area (Å²) in [6, 6.07) is 11.7. The summed E-state index contributed by atoms with van der Waals surface area (Å²) in [5.74, 6) is 0.784. The summed E-state index contributed by atoms with van der Waals surface area (Å²) in [6.45, 7) is 0. The maximum Gasteiger partial charge on any atom is 0.130 e. The number of anilines is 1. The molecule has 0 saturated carbocycles. The number of nitriles is 1. The van der Waals surface area contributed by atoms with E-state index in [-0.39, 0.29) is 0 Å². The SMILES string of the molecule is CSc1cc(C(=NO)c2ccc3c(c2)c(C#N)cn3C)cc(N(C)C)n1. The van der Waals surface area contributed by atoms with Crippen molar-refractivity contribution in [3.8, 4) is 6.07 Å². The Labute approximate surface area is 156 Å². The lowest BCUT2D eigenvalue weighted by Gasteiger charge is -2.15. The fraction of sp³-hybridized carbons (Fsp3) is 0.211. The summed E-state index contributed by atoms with van der Waals surface area (Å²) in [5, 5.41) is 24.3. The van der Waals surface area contributed by atoms with E-state index in [0.29, 0.717) is 11.3 Å². The second kappa shape index (κ2) is 7.10. The molecule has 0 aliphatic heterocycles. The highest BCUT2D eigenvalue weighted by atomic mass is 32.2. The van der Waals surface area contributed by atoms with Crippen molar-refractivity contribution in [2.45, 2.75) is 5.03 Å². The molecule has 2 heterocycles. The average molecular weight is 365 g/mol. The zero-order valence-electron chi connectivity index (χ0n) is 15.1. The van der Waals surface area contributed by atoms with Crippen LogP contribution in [-0.4, -0.2) is 40.8 Å². The van der Waals surface area contributed by atoms with E-state index in [2.05, 4.69) is 16.2 Å². The molecular weight excluding hydrogens is 346 g/mol. The first-order valence-electron chi connectivity index (χ1n) is 7.94. The van der Waals surface area contributed by atoms with Crippen LogP contribution in [0.4, 0.5) is 5.82 Å². The molecule has 0 saturated heterocycles. The Hall–Kier alpha value is -2.98. The number of hydrogen-bond acceptors (Lipinski definition) is 6. The van der Waals surface area contributed by atoms with Crippen LogP contribution in [0.2, 0.25) is 0 Å². The molecule has 1 aromatic carbocycles. The van der Waals surface area contributed by atoms with E-state index in [0.717, 1.165) is 32.9 Å². The first kappa shape index (κ1) is 17.8. The van der Waals surface area contributed by atoms with Crippen LogP contribution in [0.5, 0.6) is 0 Å². The van der Waals surface area contributed by atoms with Crippen LogP contribution < -0.4 is 4.90 Å². The predicted molar refractivity (Wildman–Crippen MR) is 105 cm³/mol. The highest BCUT2D eigenvalue weighted by Gasteiger charge is 2.15. The summed E-state index contributed by atoms with van der Waals surface area (Å²) < 4.78 is 1.91. The topological polar surface area (TPSA) is 77.4 Å². The van der Waals surface area contributed by atoms with Crippen molar-refractivity contribution in [3.63, 3.8) is 0 Å². The van der Waals surface area contributed by atoms with Crippen LogP contribution in [-0.2, 0) is 7.05 Å². The number of nitrogens with zero attached hydrogens (tertiary/aromatic N) is 5. The number of oxime groups is 1. The molecule has 3 rings (SSSR count). The first-order valence-corrected chi connectivity index (χ1v) is 9.16. The van der Waals surface area contributed by atoms with Crippen LogP contribution in [0.1, 0.15) is 16.7 Å². The molecule has 0 aliphatic carbocycles. The van der Waals surface area contributed by atoms with Crippen molar-refractivity contribution in [3.05, 3.63) is 53.2 Å².